The summed E-state index contributed by atoms with van der Waals surface area (Å²) in [6.07, 6.45) is 0. The quantitative estimate of drug-likeness (QED) is 0.575. The summed E-state index contributed by atoms with van der Waals surface area (Å²) in [6.45, 7) is 4.37. The van der Waals surface area contributed by atoms with Gasteiger partial charge in [0.25, 0.3) is 15.9 Å². The highest BCUT2D eigenvalue weighted by molar-refractivity contribution is 7.93. The van der Waals surface area contributed by atoms with Crippen molar-refractivity contribution in [2.45, 2.75) is 18.7 Å². The van der Waals surface area contributed by atoms with Crippen molar-refractivity contribution in [3.63, 3.8) is 0 Å². The lowest BCUT2D eigenvalue weighted by Crippen LogP contribution is -2.31. The number of nitrogens with zero attached hydrogens (tertiary/aromatic N) is 1. The summed E-state index contributed by atoms with van der Waals surface area (Å²) in [5.41, 5.74) is 1.16. The highest BCUT2D eigenvalue weighted by Gasteiger charge is 2.27. The Bertz CT molecular complexity index is 1110. The SMILES string of the molecule is CCOc1cccc(C(=O)Nc2ccccc2S(=O)(=O)N(CC)c2ccccc2)c1. The molecule has 7 heteroatoms. The second-order valence-corrected chi connectivity index (χ2v) is 8.25. The monoisotopic (exact) mass is 424 g/mol. The average molecular weight is 425 g/mol. The number of anilines is 2. The van der Waals surface area contributed by atoms with Gasteiger partial charge in [-0.3, -0.25) is 9.10 Å². The van der Waals surface area contributed by atoms with E-state index in [2.05, 4.69) is 5.32 Å². The van der Waals surface area contributed by atoms with E-state index in [0.717, 1.165) is 0 Å². The molecule has 156 valence electrons. The third kappa shape index (κ3) is 4.63. The molecule has 0 radical (unpaired) electrons. The average Bonchev–Trinajstić information content (AvgIpc) is 2.75. The zero-order chi connectivity index (χ0) is 21.6. The number of rotatable bonds is 8. The van der Waals surface area contributed by atoms with Gasteiger partial charge < -0.3 is 10.1 Å². The van der Waals surface area contributed by atoms with Crippen molar-refractivity contribution >= 4 is 27.3 Å². The van der Waals surface area contributed by atoms with E-state index in [1.54, 1.807) is 73.7 Å². The molecule has 0 aliphatic carbocycles. The number of carbonyl (C=O) groups excluding carboxylic acids is 1. The molecule has 0 saturated carbocycles. The van der Waals surface area contributed by atoms with Gasteiger partial charge in [-0.25, -0.2) is 8.42 Å². The molecule has 0 aliphatic heterocycles. The van der Waals surface area contributed by atoms with Crippen LogP contribution >= 0.6 is 0 Å². The molecule has 0 fully saturated rings. The molecule has 0 bridgehead atoms. The topological polar surface area (TPSA) is 75.7 Å². The van der Waals surface area contributed by atoms with Crippen molar-refractivity contribution in [3.8, 4) is 5.75 Å². The van der Waals surface area contributed by atoms with Crippen molar-refractivity contribution in [1.29, 1.82) is 0 Å². The van der Waals surface area contributed by atoms with E-state index >= 15 is 0 Å². The minimum atomic E-state index is -3.89. The minimum absolute atomic E-state index is 0.0324. The predicted octanol–water partition coefficient (Wildman–Crippen LogP) is 4.55. The molecule has 30 heavy (non-hydrogen) atoms. The molecule has 0 saturated heterocycles. The summed E-state index contributed by atoms with van der Waals surface area (Å²) >= 11 is 0. The second-order valence-electron chi connectivity index (χ2n) is 6.42. The number of hydrogen-bond donors (Lipinski definition) is 1. The second kappa shape index (κ2) is 9.45. The molecule has 6 nitrogen and oxygen atoms in total. The Morgan fingerprint density at radius 2 is 1.63 bits per heavy atom. The normalized spacial score (nSPS) is 11.0. The molecule has 1 N–H and O–H groups in total. The molecule has 1 amide bonds. The Balaban J connectivity index is 1.94. The molecule has 0 heterocycles. The van der Waals surface area contributed by atoms with Gasteiger partial charge in [-0.2, -0.15) is 0 Å². The van der Waals surface area contributed by atoms with Gasteiger partial charge in [0.1, 0.15) is 10.6 Å². The first-order valence-electron chi connectivity index (χ1n) is 9.68. The molecule has 0 atom stereocenters. The zero-order valence-corrected chi connectivity index (χ0v) is 17.7. The summed E-state index contributed by atoms with van der Waals surface area (Å²) < 4.78 is 33.5. The molecule has 3 aromatic rings. The van der Waals surface area contributed by atoms with Crippen molar-refractivity contribution in [2.24, 2.45) is 0 Å². The number of carbonyl (C=O) groups is 1. The van der Waals surface area contributed by atoms with Crippen LogP contribution in [0.2, 0.25) is 0 Å². The molecule has 3 rings (SSSR count). The van der Waals surface area contributed by atoms with Crippen LogP contribution in [0.4, 0.5) is 11.4 Å². The third-order valence-electron chi connectivity index (χ3n) is 4.44. The smallest absolute Gasteiger partial charge is 0.266 e. The van der Waals surface area contributed by atoms with Crippen molar-refractivity contribution < 1.29 is 17.9 Å². The molecule has 0 unspecified atom stereocenters. The number of para-hydroxylation sites is 2. The van der Waals surface area contributed by atoms with Crippen LogP contribution in [-0.4, -0.2) is 27.5 Å². The fourth-order valence-corrected chi connectivity index (χ4v) is 4.71. The lowest BCUT2D eigenvalue weighted by Gasteiger charge is -2.24. The first-order chi connectivity index (χ1) is 14.5. The Hall–Kier alpha value is -3.32. The summed E-state index contributed by atoms with van der Waals surface area (Å²) in [5.74, 6) is 0.161. The summed E-state index contributed by atoms with van der Waals surface area (Å²) in [5, 5.41) is 2.73. The first-order valence-corrected chi connectivity index (χ1v) is 11.1. The summed E-state index contributed by atoms with van der Waals surface area (Å²) in [4.78, 5) is 12.8. The zero-order valence-electron chi connectivity index (χ0n) is 16.9. The lowest BCUT2D eigenvalue weighted by atomic mass is 10.2. The number of amides is 1. The molecular weight excluding hydrogens is 400 g/mol. The van der Waals surface area contributed by atoms with Gasteiger partial charge in [0.15, 0.2) is 0 Å². The van der Waals surface area contributed by atoms with Crippen LogP contribution in [-0.2, 0) is 10.0 Å². The minimum Gasteiger partial charge on any atom is -0.494 e. The largest absolute Gasteiger partial charge is 0.494 e. The van der Waals surface area contributed by atoms with Crippen LogP contribution in [0.25, 0.3) is 0 Å². The molecule has 3 aromatic carbocycles. The Labute approximate surface area is 177 Å². The highest BCUT2D eigenvalue weighted by Crippen LogP contribution is 2.29. The van der Waals surface area contributed by atoms with Crippen LogP contribution in [0.15, 0.2) is 83.8 Å². The van der Waals surface area contributed by atoms with Gasteiger partial charge in [-0.05, 0) is 56.3 Å². The van der Waals surface area contributed by atoms with Crippen molar-refractivity contribution in [1.82, 2.24) is 0 Å². The van der Waals surface area contributed by atoms with Gasteiger partial charge in [-0.1, -0.05) is 36.4 Å². The van der Waals surface area contributed by atoms with E-state index in [9.17, 15) is 13.2 Å². The lowest BCUT2D eigenvalue weighted by molar-refractivity contribution is 0.102. The van der Waals surface area contributed by atoms with Crippen molar-refractivity contribution in [2.75, 3.05) is 22.8 Å². The van der Waals surface area contributed by atoms with E-state index in [1.807, 2.05) is 13.0 Å². The molecule has 0 spiro atoms. The van der Waals surface area contributed by atoms with Crippen LogP contribution in [0.5, 0.6) is 5.75 Å². The fourth-order valence-electron chi connectivity index (χ4n) is 3.09. The summed E-state index contributed by atoms with van der Waals surface area (Å²) in [7, 11) is -3.89. The Morgan fingerprint density at radius 3 is 2.33 bits per heavy atom. The van der Waals surface area contributed by atoms with Gasteiger partial charge in [-0.15, -0.1) is 0 Å². The molecule has 0 aliphatic rings. The Kier molecular flexibility index (Phi) is 6.74. The van der Waals surface area contributed by atoms with Crippen LogP contribution in [0.3, 0.4) is 0 Å². The van der Waals surface area contributed by atoms with E-state index in [1.165, 1.54) is 10.4 Å². The first kappa shape index (κ1) is 21.4. The van der Waals surface area contributed by atoms with Crippen molar-refractivity contribution in [3.05, 3.63) is 84.4 Å². The maximum atomic E-state index is 13.4. The van der Waals surface area contributed by atoms with Crippen LogP contribution < -0.4 is 14.4 Å². The third-order valence-corrected chi connectivity index (χ3v) is 6.40. The van der Waals surface area contributed by atoms with Crippen LogP contribution in [0.1, 0.15) is 24.2 Å². The highest BCUT2D eigenvalue weighted by atomic mass is 32.2. The number of nitrogens with one attached hydrogen (secondary N) is 1. The summed E-state index contributed by atoms with van der Waals surface area (Å²) in [6, 6.07) is 22.0. The Morgan fingerprint density at radius 1 is 0.933 bits per heavy atom. The molecular formula is C23H24N2O4S. The fraction of sp³-hybridized carbons (Fsp3) is 0.174. The van der Waals surface area contributed by atoms with Gasteiger partial charge >= 0.3 is 0 Å². The van der Waals surface area contributed by atoms with E-state index in [4.69, 9.17) is 4.74 Å². The predicted molar refractivity (Wildman–Crippen MR) is 119 cm³/mol. The number of ether oxygens (including phenoxy) is 1. The van der Waals surface area contributed by atoms with E-state index in [0.29, 0.717) is 23.6 Å². The van der Waals surface area contributed by atoms with Gasteiger partial charge in [0.05, 0.1) is 18.0 Å². The van der Waals surface area contributed by atoms with E-state index < -0.39 is 15.9 Å². The van der Waals surface area contributed by atoms with Gasteiger partial charge in [0, 0.05) is 12.1 Å². The number of sulfonamides is 1. The maximum Gasteiger partial charge on any atom is 0.266 e. The number of benzene rings is 3. The number of hydrogen-bond acceptors (Lipinski definition) is 4. The van der Waals surface area contributed by atoms with Gasteiger partial charge in [0.2, 0.25) is 0 Å². The van der Waals surface area contributed by atoms with Crippen LogP contribution in [0, 0.1) is 0 Å². The van der Waals surface area contributed by atoms with E-state index in [-0.39, 0.29) is 17.1 Å². The maximum absolute atomic E-state index is 13.4. The molecule has 0 aromatic heterocycles. The standard InChI is InChI=1S/C23H24N2O4S/c1-3-25(19-12-6-5-7-13-19)30(27,28)22-16-9-8-15-21(22)24-23(26)18-11-10-14-20(17-18)29-4-2/h5-17H,3-4H2,1-2H3,(H,24,26).